The number of fused-ring (bicyclic) bond motifs is 1. The molecule has 1 atom stereocenters. The minimum Gasteiger partial charge on any atom is -0.396 e. The lowest BCUT2D eigenvalue weighted by molar-refractivity contribution is 0.299. The molecule has 1 aromatic carbocycles. The van der Waals surface area contributed by atoms with Gasteiger partial charge in [0.25, 0.3) is 0 Å². The van der Waals surface area contributed by atoms with Crippen LogP contribution < -0.4 is 0 Å². The fourth-order valence-electron chi connectivity index (χ4n) is 2.14. The average molecular weight is 176 g/mol. The van der Waals surface area contributed by atoms with E-state index in [-0.39, 0.29) is 6.61 Å². The van der Waals surface area contributed by atoms with Gasteiger partial charge in [0.2, 0.25) is 0 Å². The van der Waals surface area contributed by atoms with Gasteiger partial charge in [0.1, 0.15) is 0 Å². The van der Waals surface area contributed by atoms with Crippen molar-refractivity contribution in [1.29, 1.82) is 0 Å². The predicted octanol–water partition coefficient (Wildman–Crippen LogP) is 2.27. The zero-order valence-corrected chi connectivity index (χ0v) is 8.09. The van der Waals surface area contributed by atoms with E-state index in [1.807, 2.05) is 0 Å². The number of aliphatic hydroxyl groups is 1. The molecule has 0 spiro atoms. The zero-order chi connectivity index (χ0) is 9.26. The molecule has 1 aliphatic carbocycles. The second-order valence-corrected chi connectivity index (χ2v) is 3.95. The lowest BCUT2D eigenvalue weighted by Gasteiger charge is -2.06. The summed E-state index contributed by atoms with van der Waals surface area (Å²) in [5.74, 6) is 0.716. The van der Waals surface area contributed by atoms with Gasteiger partial charge in [0.05, 0.1) is 0 Å². The zero-order valence-electron chi connectivity index (χ0n) is 8.09. The first-order valence-electron chi connectivity index (χ1n) is 5.04. The van der Waals surface area contributed by atoms with Crippen LogP contribution in [0.3, 0.4) is 0 Å². The molecule has 1 unspecified atom stereocenters. The van der Waals surface area contributed by atoms with E-state index in [1.54, 1.807) is 0 Å². The fourth-order valence-corrected chi connectivity index (χ4v) is 2.14. The summed E-state index contributed by atoms with van der Waals surface area (Å²) in [6.45, 7) is 2.54. The summed E-state index contributed by atoms with van der Waals surface area (Å²) >= 11 is 0. The Balaban J connectivity index is 2.31. The highest BCUT2D eigenvalue weighted by Crippen LogP contribution is 2.32. The van der Waals surface area contributed by atoms with Crippen molar-refractivity contribution < 1.29 is 5.11 Å². The number of rotatable bonds is 2. The standard InChI is InChI=1S/C12H16O/c1-9-2-4-11-5-3-10(6-7-13)8-12(9)11/h3,5,8-9,13H,2,4,6-7H2,1H3. The first kappa shape index (κ1) is 8.76. The second-order valence-electron chi connectivity index (χ2n) is 3.95. The maximum atomic E-state index is 8.83. The Hall–Kier alpha value is -0.820. The lowest BCUT2D eigenvalue weighted by atomic mass is 10.00. The molecule has 2 rings (SSSR count). The van der Waals surface area contributed by atoms with E-state index >= 15 is 0 Å². The fraction of sp³-hybridized carbons (Fsp3) is 0.500. The molecular formula is C12H16O. The van der Waals surface area contributed by atoms with E-state index in [4.69, 9.17) is 5.11 Å². The Morgan fingerprint density at radius 2 is 2.31 bits per heavy atom. The summed E-state index contributed by atoms with van der Waals surface area (Å²) in [6.07, 6.45) is 3.31. The highest BCUT2D eigenvalue weighted by atomic mass is 16.2. The number of hydrogen-bond donors (Lipinski definition) is 1. The monoisotopic (exact) mass is 176 g/mol. The summed E-state index contributed by atoms with van der Waals surface area (Å²) in [5.41, 5.74) is 4.29. The maximum absolute atomic E-state index is 8.83. The van der Waals surface area contributed by atoms with Crippen LogP contribution >= 0.6 is 0 Å². The summed E-state index contributed by atoms with van der Waals surface area (Å²) < 4.78 is 0. The van der Waals surface area contributed by atoms with Crippen molar-refractivity contribution >= 4 is 0 Å². The van der Waals surface area contributed by atoms with Gasteiger partial charge < -0.3 is 5.11 Å². The minimum absolute atomic E-state index is 0.257. The van der Waals surface area contributed by atoms with Crippen molar-refractivity contribution in [3.8, 4) is 0 Å². The van der Waals surface area contributed by atoms with Crippen LogP contribution in [0, 0.1) is 0 Å². The highest BCUT2D eigenvalue weighted by molar-refractivity contribution is 5.38. The van der Waals surface area contributed by atoms with Gasteiger partial charge >= 0.3 is 0 Å². The molecular weight excluding hydrogens is 160 g/mol. The van der Waals surface area contributed by atoms with Crippen molar-refractivity contribution in [2.24, 2.45) is 0 Å². The van der Waals surface area contributed by atoms with Gasteiger partial charge in [-0.3, -0.25) is 0 Å². The summed E-state index contributed by atoms with van der Waals surface area (Å²) in [4.78, 5) is 0. The Bertz CT molecular complexity index is 304. The predicted molar refractivity (Wildman–Crippen MR) is 54.0 cm³/mol. The number of benzene rings is 1. The molecule has 1 nitrogen and oxygen atoms in total. The molecule has 0 aliphatic heterocycles. The summed E-state index contributed by atoms with van der Waals surface area (Å²) in [7, 11) is 0. The first-order chi connectivity index (χ1) is 6.31. The molecule has 0 heterocycles. The third-order valence-electron chi connectivity index (χ3n) is 2.99. The van der Waals surface area contributed by atoms with Crippen LogP contribution in [-0.4, -0.2) is 11.7 Å². The van der Waals surface area contributed by atoms with Crippen LogP contribution in [0.15, 0.2) is 18.2 Å². The van der Waals surface area contributed by atoms with E-state index in [0.29, 0.717) is 5.92 Å². The number of hydrogen-bond acceptors (Lipinski definition) is 1. The summed E-state index contributed by atoms with van der Waals surface area (Å²) in [6, 6.07) is 6.64. The molecule has 0 bridgehead atoms. The second kappa shape index (κ2) is 3.51. The molecule has 1 heteroatoms. The molecule has 1 aliphatic rings. The Morgan fingerprint density at radius 1 is 1.46 bits per heavy atom. The van der Waals surface area contributed by atoms with Crippen molar-refractivity contribution in [3.63, 3.8) is 0 Å². The molecule has 0 amide bonds. The van der Waals surface area contributed by atoms with Gasteiger partial charge in [0.15, 0.2) is 0 Å². The Kier molecular flexibility index (Phi) is 2.36. The van der Waals surface area contributed by atoms with Crippen molar-refractivity contribution in [2.75, 3.05) is 6.61 Å². The topological polar surface area (TPSA) is 20.2 Å². The Morgan fingerprint density at radius 3 is 3.08 bits per heavy atom. The van der Waals surface area contributed by atoms with E-state index in [9.17, 15) is 0 Å². The molecule has 0 fully saturated rings. The third-order valence-corrected chi connectivity index (χ3v) is 2.99. The van der Waals surface area contributed by atoms with Gasteiger partial charge in [-0.2, -0.15) is 0 Å². The summed E-state index contributed by atoms with van der Waals surface area (Å²) in [5, 5.41) is 8.83. The smallest absolute Gasteiger partial charge is 0.0471 e. The maximum Gasteiger partial charge on any atom is 0.0471 e. The lowest BCUT2D eigenvalue weighted by Crippen LogP contribution is -1.94. The molecule has 0 radical (unpaired) electrons. The van der Waals surface area contributed by atoms with E-state index < -0.39 is 0 Å². The number of aryl methyl sites for hydroxylation is 1. The van der Waals surface area contributed by atoms with E-state index in [0.717, 1.165) is 6.42 Å². The minimum atomic E-state index is 0.257. The van der Waals surface area contributed by atoms with Crippen molar-refractivity contribution in [2.45, 2.75) is 32.1 Å². The molecule has 13 heavy (non-hydrogen) atoms. The quantitative estimate of drug-likeness (QED) is 0.733. The third kappa shape index (κ3) is 1.61. The molecule has 1 aromatic rings. The molecule has 0 saturated carbocycles. The molecule has 1 N–H and O–H groups in total. The van der Waals surface area contributed by atoms with E-state index in [1.165, 1.54) is 29.5 Å². The molecule has 70 valence electrons. The van der Waals surface area contributed by atoms with Gasteiger partial charge in [0, 0.05) is 6.61 Å². The van der Waals surface area contributed by atoms with E-state index in [2.05, 4.69) is 25.1 Å². The van der Waals surface area contributed by atoms with Crippen LogP contribution in [0.5, 0.6) is 0 Å². The van der Waals surface area contributed by atoms with Gasteiger partial charge in [-0.25, -0.2) is 0 Å². The molecule has 0 aromatic heterocycles. The number of aliphatic hydroxyl groups excluding tert-OH is 1. The highest BCUT2D eigenvalue weighted by Gasteiger charge is 2.17. The van der Waals surface area contributed by atoms with Crippen LogP contribution in [0.2, 0.25) is 0 Å². The van der Waals surface area contributed by atoms with Crippen LogP contribution in [-0.2, 0) is 12.8 Å². The normalized spacial score (nSPS) is 20.3. The van der Waals surface area contributed by atoms with Crippen LogP contribution in [0.25, 0.3) is 0 Å². The average Bonchev–Trinajstić information content (AvgIpc) is 2.49. The van der Waals surface area contributed by atoms with Gasteiger partial charge in [-0.05, 0) is 41.9 Å². The van der Waals surface area contributed by atoms with Gasteiger partial charge in [-0.15, -0.1) is 0 Å². The largest absolute Gasteiger partial charge is 0.396 e. The van der Waals surface area contributed by atoms with Crippen molar-refractivity contribution in [3.05, 3.63) is 34.9 Å². The SMILES string of the molecule is CC1CCc2ccc(CCO)cc21. The van der Waals surface area contributed by atoms with Crippen LogP contribution in [0.1, 0.15) is 36.0 Å². The van der Waals surface area contributed by atoms with Crippen molar-refractivity contribution in [1.82, 2.24) is 0 Å². The van der Waals surface area contributed by atoms with Gasteiger partial charge in [-0.1, -0.05) is 25.1 Å². The van der Waals surface area contributed by atoms with Crippen LogP contribution in [0.4, 0.5) is 0 Å². The first-order valence-corrected chi connectivity index (χ1v) is 5.04. The Labute approximate surface area is 79.4 Å². The molecule has 0 saturated heterocycles.